The summed E-state index contributed by atoms with van der Waals surface area (Å²) in [5.74, 6) is 0.373. The third kappa shape index (κ3) is 4.06. The van der Waals surface area contributed by atoms with E-state index in [1.54, 1.807) is 0 Å². The lowest BCUT2D eigenvalue weighted by molar-refractivity contribution is -0.121. The molecule has 0 unspecified atom stereocenters. The van der Waals surface area contributed by atoms with Crippen molar-refractivity contribution in [2.24, 2.45) is 0 Å². The van der Waals surface area contributed by atoms with Crippen LogP contribution in [0.1, 0.15) is 69.2 Å². The molecule has 0 aliphatic heterocycles. The summed E-state index contributed by atoms with van der Waals surface area (Å²) in [6, 6.07) is 5.92. The van der Waals surface area contributed by atoms with E-state index in [9.17, 15) is 9.59 Å². The number of rotatable bonds is 4. The highest BCUT2D eigenvalue weighted by Crippen LogP contribution is 2.24. The van der Waals surface area contributed by atoms with Gasteiger partial charge in [-0.25, -0.2) is 4.98 Å². The first kappa shape index (κ1) is 18.4. The molecule has 6 nitrogen and oxygen atoms in total. The summed E-state index contributed by atoms with van der Waals surface area (Å²) in [7, 11) is 0. The van der Waals surface area contributed by atoms with Crippen LogP contribution in [0.15, 0.2) is 24.4 Å². The molecular weight excluding hydrogens is 328 g/mol. The molecule has 0 aromatic carbocycles. The van der Waals surface area contributed by atoms with E-state index in [0.29, 0.717) is 5.69 Å². The second-order valence-electron chi connectivity index (χ2n) is 8.08. The van der Waals surface area contributed by atoms with Gasteiger partial charge in [-0.2, -0.15) is 0 Å². The van der Waals surface area contributed by atoms with Gasteiger partial charge in [-0.05, 0) is 25.0 Å². The van der Waals surface area contributed by atoms with Crippen molar-refractivity contribution in [3.63, 3.8) is 0 Å². The Hall–Kier alpha value is -2.37. The van der Waals surface area contributed by atoms with Gasteiger partial charge in [-0.15, -0.1) is 0 Å². The highest BCUT2D eigenvalue weighted by Gasteiger charge is 2.25. The van der Waals surface area contributed by atoms with Crippen LogP contribution in [-0.2, 0) is 10.2 Å². The molecule has 2 N–H and O–H groups in total. The number of nitrogens with zero attached hydrogens (tertiary/aromatic N) is 2. The van der Waals surface area contributed by atoms with Gasteiger partial charge < -0.3 is 15.0 Å². The van der Waals surface area contributed by atoms with Gasteiger partial charge in [0.25, 0.3) is 5.91 Å². The van der Waals surface area contributed by atoms with Gasteiger partial charge in [0.2, 0.25) is 5.91 Å². The van der Waals surface area contributed by atoms with Crippen LogP contribution in [-0.4, -0.2) is 33.8 Å². The molecule has 0 bridgehead atoms. The van der Waals surface area contributed by atoms with Crippen molar-refractivity contribution in [3.8, 4) is 0 Å². The molecule has 3 rings (SSSR count). The van der Waals surface area contributed by atoms with Gasteiger partial charge in [0, 0.05) is 17.7 Å². The summed E-state index contributed by atoms with van der Waals surface area (Å²) in [6.07, 6.45) is 7.53. The monoisotopic (exact) mass is 356 g/mol. The van der Waals surface area contributed by atoms with E-state index in [1.807, 2.05) is 28.8 Å². The fraction of sp³-hybridized carbons (Fsp3) is 0.550. The molecule has 6 heteroatoms. The van der Waals surface area contributed by atoms with E-state index in [1.165, 1.54) is 6.42 Å². The molecule has 2 aromatic rings. The second-order valence-corrected chi connectivity index (χ2v) is 8.08. The smallest absolute Gasteiger partial charge is 0.272 e. The Labute approximate surface area is 154 Å². The first-order chi connectivity index (χ1) is 12.4. The van der Waals surface area contributed by atoms with Crippen LogP contribution in [0.2, 0.25) is 0 Å². The molecule has 0 radical (unpaired) electrons. The van der Waals surface area contributed by atoms with E-state index in [-0.39, 0.29) is 29.8 Å². The van der Waals surface area contributed by atoms with Gasteiger partial charge in [-0.1, -0.05) is 46.1 Å². The molecule has 0 spiro atoms. The van der Waals surface area contributed by atoms with Crippen LogP contribution >= 0.6 is 0 Å². The Morgan fingerprint density at radius 1 is 1.19 bits per heavy atom. The van der Waals surface area contributed by atoms with Crippen molar-refractivity contribution >= 4 is 17.3 Å². The average Bonchev–Trinajstić information content (AvgIpc) is 3.01. The van der Waals surface area contributed by atoms with Crippen molar-refractivity contribution in [3.05, 3.63) is 35.9 Å². The molecule has 2 aromatic heterocycles. The maximum Gasteiger partial charge on any atom is 0.272 e. The number of imidazole rings is 1. The minimum absolute atomic E-state index is 0.0218. The van der Waals surface area contributed by atoms with E-state index < -0.39 is 0 Å². The maximum atomic E-state index is 12.6. The summed E-state index contributed by atoms with van der Waals surface area (Å²) < 4.78 is 1.94. The summed E-state index contributed by atoms with van der Waals surface area (Å²) in [5, 5.41) is 5.73. The maximum absolute atomic E-state index is 12.6. The Bertz CT molecular complexity index is 798. The predicted molar refractivity (Wildman–Crippen MR) is 101 cm³/mol. The Morgan fingerprint density at radius 3 is 2.62 bits per heavy atom. The zero-order valence-corrected chi connectivity index (χ0v) is 15.8. The highest BCUT2D eigenvalue weighted by atomic mass is 16.2. The number of pyridine rings is 1. The lowest BCUT2D eigenvalue weighted by Crippen LogP contribution is -2.42. The zero-order chi connectivity index (χ0) is 18.7. The third-order valence-electron chi connectivity index (χ3n) is 4.81. The summed E-state index contributed by atoms with van der Waals surface area (Å²) in [4.78, 5) is 29.3. The summed E-state index contributed by atoms with van der Waals surface area (Å²) in [6.45, 7) is 6.17. The van der Waals surface area contributed by atoms with Crippen molar-refractivity contribution < 1.29 is 9.59 Å². The van der Waals surface area contributed by atoms with Gasteiger partial charge >= 0.3 is 0 Å². The minimum Gasteiger partial charge on any atom is -0.352 e. The highest BCUT2D eigenvalue weighted by molar-refractivity contribution is 6.00. The molecule has 1 saturated carbocycles. The van der Waals surface area contributed by atoms with Crippen molar-refractivity contribution in [1.82, 2.24) is 20.0 Å². The molecule has 0 saturated heterocycles. The first-order valence-electron chi connectivity index (χ1n) is 9.41. The lowest BCUT2D eigenvalue weighted by atomic mass is 9.95. The molecular formula is C20H28N4O2. The molecule has 2 heterocycles. The largest absolute Gasteiger partial charge is 0.352 e. The van der Waals surface area contributed by atoms with Gasteiger partial charge in [0.05, 0.1) is 12.1 Å². The van der Waals surface area contributed by atoms with Crippen LogP contribution in [0.4, 0.5) is 0 Å². The van der Waals surface area contributed by atoms with Crippen molar-refractivity contribution in [2.75, 3.05) is 6.54 Å². The first-order valence-corrected chi connectivity index (χ1v) is 9.41. The predicted octanol–water partition coefficient (Wildman–Crippen LogP) is 2.81. The average molecular weight is 356 g/mol. The van der Waals surface area contributed by atoms with E-state index in [4.69, 9.17) is 0 Å². The molecule has 0 atom stereocenters. The number of hydrogen-bond acceptors (Lipinski definition) is 3. The fourth-order valence-electron chi connectivity index (χ4n) is 3.50. The van der Waals surface area contributed by atoms with E-state index in [0.717, 1.165) is 37.0 Å². The van der Waals surface area contributed by atoms with Gasteiger partial charge in [-0.3, -0.25) is 9.59 Å². The standard InChI is InChI=1S/C20H28N4O2/c1-20(2,3)19-23-17(15-11-7-8-12-24(15)19)18(26)21-13-16(25)22-14-9-5-4-6-10-14/h7-8,11-12,14H,4-6,9-10,13H2,1-3H3,(H,21,26)(H,22,25). The van der Waals surface area contributed by atoms with Crippen LogP contribution in [0.25, 0.3) is 5.52 Å². The van der Waals surface area contributed by atoms with E-state index in [2.05, 4.69) is 36.4 Å². The molecule has 1 fully saturated rings. The minimum atomic E-state index is -0.317. The van der Waals surface area contributed by atoms with Crippen LogP contribution in [0.3, 0.4) is 0 Å². The number of aromatic nitrogens is 2. The molecule has 1 aliphatic rings. The number of nitrogens with one attached hydrogen (secondary N) is 2. The summed E-state index contributed by atoms with van der Waals surface area (Å²) in [5.41, 5.74) is 0.921. The van der Waals surface area contributed by atoms with Crippen LogP contribution < -0.4 is 10.6 Å². The lowest BCUT2D eigenvalue weighted by Gasteiger charge is -2.22. The van der Waals surface area contributed by atoms with E-state index >= 15 is 0 Å². The Balaban J connectivity index is 1.69. The SMILES string of the molecule is CC(C)(C)c1nc(C(=O)NCC(=O)NC2CCCCC2)c2ccccn12. The Kier molecular flexibility index (Phi) is 5.30. The van der Waals surface area contributed by atoms with Crippen molar-refractivity contribution in [2.45, 2.75) is 64.3 Å². The fourth-order valence-corrected chi connectivity index (χ4v) is 3.50. The van der Waals surface area contributed by atoms with Gasteiger partial charge in [0.15, 0.2) is 5.69 Å². The number of carbonyl (C=O) groups is 2. The number of amides is 2. The third-order valence-corrected chi connectivity index (χ3v) is 4.81. The second kappa shape index (κ2) is 7.48. The van der Waals surface area contributed by atoms with Gasteiger partial charge in [0.1, 0.15) is 5.82 Å². The Morgan fingerprint density at radius 2 is 1.92 bits per heavy atom. The molecule has 1 aliphatic carbocycles. The topological polar surface area (TPSA) is 75.5 Å². The number of hydrogen-bond donors (Lipinski definition) is 2. The zero-order valence-electron chi connectivity index (χ0n) is 15.8. The van der Waals surface area contributed by atoms with Crippen molar-refractivity contribution in [1.29, 1.82) is 0 Å². The summed E-state index contributed by atoms with van der Waals surface area (Å²) >= 11 is 0. The number of fused-ring (bicyclic) bond motifs is 1. The molecule has 2 amide bonds. The van der Waals surface area contributed by atoms with Crippen LogP contribution in [0, 0.1) is 0 Å². The normalized spacial score (nSPS) is 15.8. The number of carbonyl (C=O) groups excluding carboxylic acids is 2. The quantitative estimate of drug-likeness (QED) is 0.884. The molecule has 140 valence electrons. The van der Waals surface area contributed by atoms with Crippen LogP contribution in [0.5, 0.6) is 0 Å². The molecule has 26 heavy (non-hydrogen) atoms.